The second kappa shape index (κ2) is 5.42. The van der Waals surface area contributed by atoms with E-state index >= 15 is 0 Å². The molecule has 1 atom stereocenters. The molecule has 0 spiro atoms. The Morgan fingerprint density at radius 1 is 1.27 bits per heavy atom. The molecule has 1 N–H and O–H groups in total. The zero-order valence-electron chi connectivity index (χ0n) is 11.7. The molecule has 7 heteroatoms. The van der Waals surface area contributed by atoms with Crippen LogP contribution in [-0.2, 0) is 15.8 Å². The van der Waals surface area contributed by atoms with Gasteiger partial charge in [-0.05, 0) is 36.1 Å². The van der Waals surface area contributed by atoms with Crippen LogP contribution in [0.5, 0.6) is 0 Å². The van der Waals surface area contributed by atoms with Crippen LogP contribution in [0, 0.1) is 0 Å². The fourth-order valence-corrected chi connectivity index (χ4v) is 3.51. The summed E-state index contributed by atoms with van der Waals surface area (Å²) in [5.74, 6) is 0.353. The third-order valence-corrected chi connectivity index (χ3v) is 4.83. The highest BCUT2D eigenvalue weighted by Crippen LogP contribution is 2.34. The number of rotatable bonds is 2. The lowest BCUT2D eigenvalue weighted by molar-refractivity contribution is 0.0848. The van der Waals surface area contributed by atoms with Crippen molar-refractivity contribution in [3.05, 3.63) is 30.2 Å². The van der Waals surface area contributed by atoms with E-state index in [0.717, 1.165) is 53.7 Å². The molecule has 0 saturated carbocycles. The second-order valence-electron chi connectivity index (χ2n) is 5.44. The van der Waals surface area contributed by atoms with Crippen LogP contribution in [-0.4, -0.2) is 36.9 Å². The first-order chi connectivity index (χ1) is 10.7. The highest BCUT2D eigenvalue weighted by molar-refractivity contribution is 7.79. The summed E-state index contributed by atoms with van der Waals surface area (Å²) < 4.78 is 27.7. The molecule has 3 aromatic rings. The monoisotopic (exact) mass is 316 g/mol. The molecule has 2 aromatic heterocycles. The van der Waals surface area contributed by atoms with Crippen molar-refractivity contribution in [2.45, 2.75) is 23.7 Å². The lowest BCUT2D eigenvalue weighted by Gasteiger charge is -2.21. The SMILES string of the molecule is O=S([O-])c1ccc2c(c1)[nH]c1ncnc(C3CCOCC3)c12. The molecular formula is C15H14N3O3S-. The minimum atomic E-state index is -2.24. The van der Waals surface area contributed by atoms with E-state index < -0.39 is 11.1 Å². The third-order valence-electron chi connectivity index (χ3n) is 4.19. The number of nitrogens with zero attached hydrogens (tertiary/aromatic N) is 2. The molecule has 3 heterocycles. The van der Waals surface area contributed by atoms with Crippen molar-refractivity contribution in [2.75, 3.05) is 13.2 Å². The largest absolute Gasteiger partial charge is 0.768 e. The van der Waals surface area contributed by atoms with Gasteiger partial charge in [0.2, 0.25) is 0 Å². The average Bonchev–Trinajstić information content (AvgIpc) is 2.93. The number of fused-ring (bicyclic) bond motifs is 3. The maximum Gasteiger partial charge on any atom is 0.142 e. The van der Waals surface area contributed by atoms with E-state index in [-0.39, 0.29) is 4.90 Å². The van der Waals surface area contributed by atoms with Crippen LogP contribution in [0.15, 0.2) is 29.4 Å². The predicted octanol–water partition coefficient (Wildman–Crippen LogP) is 2.24. The van der Waals surface area contributed by atoms with Crippen LogP contribution in [0.2, 0.25) is 0 Å². The molecule has 0 aliphatic carbocycles. The van der Waals surface area contributed by atoms with E-state index in [2.05, 4.69) is 15.0 Å². The Bertz CT molecular complexity index is 871. The molecule has 0 bridgehead atoms. The molecule has 0 amide bonds. The van der Waals surface area contributed by atoms with Crippen molar-refractivity contribution in [1.29, 1.82) is 0 Å². The Labute approximate surface area is 129 Å². The molecule has 1 aliphatic rings. The van der Waals surface area contributed by atoms with Crippen LogP contribution in [0.3, 0.4) is 0 Å². The van der Waals surface area contributed by atoms with Gasteiger partial charge in [0.05, 0.1) is 5.69 Å². The van der Waals surface area contributed by atoms with Crippen molar-refractivity contribution < 1.29 is 13.5 Å². The van der Waals surface area contributed by atoms with Crippen LogP contribution in [0.1, 0.15) is 24.5 Å². The van der Waals surface area contributed by atoms with E-state index in [1.54, 1.807) is 18.5 Å². The average molecular weight is 316 g/mol. The molecule has 6 nitrogen and oxygen atoms in total. The molecule has 1 fully saturated rings. The van der Waals surface area contributed by atoms with Gasteiger partial charge in [0.25, 0.3) is 0 Å². The Kier molecular flexibility index (Phi) is 3.40. The van der Waals surface area contributed by atoms with Crippen molar-refractivity contribution in [1.82, 2.24) is 15.0 Å². The number of benzene rings is 1. The standard InChI is InChI=1S/C15H15N3O3S/c19-22(20)10-1-2-11-12(7-10)18-15-13(11)14(16-8-17-15)9-3-5-21-6-4-9/h1-2,7-9H,3-6H2,(H,19,20)(H,16,17,18)/p-1. The van der Waals surface area contributed by atoms with Gasteiger partial charge in [-0.2, -0.15) is 0 Å². The van der Waals surface area contributed by atoms with Crippen molar-refractivity contribution in [3.63, 3.8) is 0 Å². The molecule has 0 radical (unpaired) electrons. The third kappa shape index (κ3) is 2.22. The van der Waals surface area contributed by atoms with Gasteiger partial charge >= 0.3 is 0 Å². The Morgan fingerprint density at radius 3 is 2.86 bits per heavy atom. The molecule has 1 saturated heterocycles. The van der Waals surface area contributed by atoms with E-state index in [9.17, 15) is 8.76 Å². The highest BCUT2D eigenvalue weighted by atomic mass is 32.2. The van der Waals surface area contributed by atoms with E-state index in [4.69, 9.17) is 4.74 Å². The van der Waals surface area contributed by atoms with Crippen LogP contribution in [0.4, 0.5) is 0 Å². The van der Waals surface area contributed by atoms with Gasteiger partial charge in [0, 0.05) is 40.3 Å². The van der Waals surface area contributed by atoms with E-state index in [1.807, 2.05) is 6.07 Å². The number of aromatic nitrogens is 3. The van der Waals surface area contributed by atoms with Gasteiger partial charge < -0.3 is 14.3 Å². The lowest BCUT2D eigenvalue weighted by atomic mass is 9.93. The van der Waals surface area contributed by atoms with Crippen molar-refractivity contribution in [3.8, 4) is 0 Å². The first kappa shape index (κ1) is 13.8. The van der Waals surface area contributed by atoms with Crippen molar-refractivity contribution in [2.24, 2.45) is 0 Å². The normalized spacial score (nSPS) is 18.0. The maximum atomic E-state index is 11.1. The molecule has 4 rings (SSSR count). The summed E-state index contributed by atoms with van der Waals surface area (Å²) >= 11 is -2.24. The predicted molar refractivity (Wildman–Crippen MR) is 81.4 cm³/mol. The molecule has 22 heavy (non-hydrogen) atoms. The first-order valence-electron chi connectivity index (χ1n) is 7.17. The summed E-state index contributed by atoms with van der Waals surface area (Å²) in [6, 6.07) is 5.07. The summed E-state index contributed by atoms with van der Waals surface area (Å²) in [7, 11) is 0. The topological polar surface area (TPSA) is 90.9 Å². The summed E-state index contributed by atoms with van der Waals surface area (Å²) in [5.41, 5.74) is 2.54. The van der Waals surface area contributed by atoms with Gasteiger partial charge in [-0.15, -0.1) is 0 Å². The first-order valence-corrected chi connectivity index (χ1v) is 8.25. The zero-order chi connectivity index (χ0) is 15.1. The summed E-state index contributed by atoms with van der Waals surface area (Å²) in [6.45, 7) is 1.50. The molecule has 1 aromatic carbocycles. The fourth-order valence-electron chi connectivity index (χ4n) is 3.12. The molecule has 1 aliphatic heterocycles. The Morgan fingerprint density at radius 2 is 2.09 bits per heavy atom. The smallest absolute Gasteiger partial charge is 0.142 e. The maximum absolute atomic E-state index is 11.1. The fraction of sp³-hybridized carbons (Fsp3) is 0.333. The lowest BCUT2D eigenvalue weighted by Crippen LogP contribution is -2.15. The van der Waals surface area contributed by atoms with Crippen LogP contribution < -0.4 is 0 Å². The Hall–Kier alpha value is -1.83. The highest BCUT2D eigenvalue weighted by Gasteiger charge is 2.22. The number of aromatic amines is 1. The minimum absolute atomic E-state index is 0.264. The van der Waals surface area contributed by atoms with Gasteiger partial charge in [-0.1, -0.05) is 6.07 Å². The quantitative estimate of drug-likeness (QED) is 0.732. The summed E-state index contributed by atoms with van der Waals surface area (Å²) in [6.07, 6.45) is 3.46. The Balaban J connectivity index is 1.94. The van der Waals surface area contributed by atoms with Crippen LogP contribution in [0.25, 0.3) is 21.9 Å². The van der Waals surface area contributed by atoms with Gasteiger partial charge in [0.15, 0.2) is 0 Å². The van der Waals surface area contributed by atoms with Gasteiger partial charge in [-0.25, -0.2) is 9.97 Å². The zero-order valence-corrected chi connectivity index (χ0v) is 12.6. The number of hydrogen-bond donors (Lipinski definition) is 1. The summed E-state index contributed by atoms with van der Waals surface area (Å²) in [4.78, 5) is 12.3. The molecular weight excluding hydrogens is 302 g/mol. The second-order valence-corrected chi connectivity index (χ2v) is 6.38. The number of nitrogens with one attached hydrogen (secondary N) is 1. The van der Waals surface area contributed by atoms with Crippen LogP contribution >= 0.6 is 0 Å². The number of H-pyrrole nitrogens is 1. The molecule has 114 valence electrons. The van der Waals surface area contributed by atoms with Gasteiger partial charge in [0.1, 0.15) is 12.0 Å². The van der Waals surface area contributed by atoms with Crippen molar-refractivity contribution >= 4 is 33.0 Å². The van der Waals surface area contributed by atoms with E-state index in [0.29, 0.717) is 5.92 Å². The minimum Gasteiger partial charge on any atom is -0.768 e. The van der Waals surface area contributed by atoms with Gasteiger partial charge in [-0.3, -0.25) is 4.21 Å². The van der Waals surface area contributed by atoms with E-state index in [1.165, 1.54) is 0 Å². The number of ether oxygens (including phenoxy) is 1. The summed E-state index contributed by atoms with van der Waals surface area (Å²) in [5, 5.41) is 1.96. The molecule has 1 unspecified atom stereocenters. The number of hydrogen-bond acceptors (Lipinski definition) is 5.